The van der Waals surface area contributed by atoms with E-state index in [2.05, 4.69) is 16.0 Å². The van der Waals surface area contributed by atoms with Gasteiger partial charge in [0.05, 0.1) is 42.7 Å². The number of nitrogens with zero attached hydrogens (tertiary/aromatic N) is 4. The van der Waals surface area contributed by atoms with E-state index in [1.165, 1.54) is 0 Å². The van der Waals surface area contributed by atoms with Gasteiger partial charge in [0.1, 0.15) is 12.1 Å². The molecule has 1 aromatic carbocycles. The summed E-state index contributed by atoms with van der Waals surface area (Å²) < 4.78 is 12.1. The fourth-order valence-electron chi connectivity index (χ4n) is 8.45. The average Bonchev–Trinajstić information content (AvgIpc) is 3.68. The van der Waals surface area contributed by atoms with Gasteiger partial charge in [-0.15, -0.1) is 0 Å². The van der Waals surface area contributed by atoms with Crippen LogP contribution in [0.4, 0.5) is 0 Å². The number of rotatable bonds is 25. The fourth-order valence-corrected chi connectivity index (χ4v) is 8.45. The van der Waals surface area contributed by atoms with E-state index >= 15 is 0 Å². The van der Waals surface area contributed by atoms with Crippen LogP contribution in [0.25, 0.3) is 0 Å². The number of ether oxygens (including phenoxy) is 2. The normalized spacial score (nSPS) is 18.5. The van der Waals surface area contributed by atoms with Crippen molar-refractivity contribution in [2.24, 2.45) is 23.7 Å². The van der Waals surface area contributed by atoms with Crippen LogP contribution in [-0.2, 0) is 39.9 Å². The van der Waals surface area contributed by atoms with E-state index in [0.717, 1.165) is 18.4 Å². The molecule has 0 aromatic heterocycles. The highest BCUT2D eigenvalue weighted by Gasteiger charge is 2.43. The molecule has 5 amide bonds. The van der Waals surface area contributed by atoms with Crippen molar-refractivity contribution < 1.29 is 33.4 Å². The zero-order valence-electron chi connectivity index (χ0n) is 39.6. The van der Waals surface area contributed by atoms with Gasteiger partial charge in [-0.3, -0.25) is 28.9 Å². The highest BCUT2D eigenvalue weighted by atomic mass is 16.5. The molecule has 0 aliphatic carbocycles. The van der Waals surface area contributed by atoms with Crippen molar-refractivity contribution in [3.63, 3.8) is 0 Å². The summed E-state index contributed by atoms with van der Waals surface area (Å²) in [6.07, 6.45) is 1.16. The number of amides is 5. The van der Waals surface area contributed by atoms with Gasteiger partial charge < -0.3 is 40.1 Å². The predicted molar refractivity (Wildman–Crippen MR) is 238 cm³/mol. The van der Waals surface area contributed by atoms with Crippen LogP contribution in [0.1, 0.15) is 93.6 Å². The Morgan fingerprint density at radius 2 is 1.47 bits per heavy atom. The lowest BCUT2D eigenvalue weighted by Gasteiger charge is -2.41. The summed E-state index contributed by atoms with van der Waals surface area (Å²) in [6, 6.07) is 6.86. The summed E-state index contributed by atoms with van der Waals surface area (Å²) >= 11 is 0. The molecule has 0 saturated carbocycles. The highest BCUT2D eigenvalue weighted by molar-refractivity contribution is 5.91. The molecular formula is C46H81N7O7. The summed E-state index contributed by atoms with van der Waals surface area (Å²) in [6.45, 7) is 19.4. The van der Waals surface area contributed by atoms with Gasteiger partial charge in [0.15, 0.2) is 0 Å². The minimum atomic E-state index is -0.801. The van der Waals surface area contributed by atoms with Crippen molar-refractivity contribution in [3.05, 3.63) is 35.9 Å². The van der Waals surface area contributed by atoms with Crippen molar-refractivity contribution in [2.75, 3.05) is 62.0 Å². The van der Waals surface area contributed by atoms with Crippen molar-refractivity contribution in [2.45, 2.75) is 143 Å². The molecule has 342 valence electrons. The minimum Gasteiger partial charge on any atom is -0.379 e. The maximum absolute atomic E-state index is 14.4. The van der Waals surface area contributed by atoms with Gasteiger partial charge in [-0.2, -0.15) is 0 Å². The Morgan fingerprint density at radius 3 is 1.98 bits per heavy atom. The molecule has 1 saturated heterocycles. The van der Waals surface area contributed by atoms with E-state index in [1.54, 1.807) is 38.0 Å². The van der Waals surface area contributed by atoms with E-state index in [1.807, 2.05) is 117 Å². The maximum atomic E-state index is 14.4. The average molecular weight is 844 g/mol. The molecule has 1 aliphatic rings. The molecule has 14 heteroatoms. The monoisotopic (exact) mass is 844 g/mol. The third kappa shape index (κ3) is 14.8. The molecule has 60 heavy (non-hydrogen) atoms. The van der Waals surface area contributed by atoms with Gasteiger partial charge in [-0.1, -0.05) is 85.2 Å². The summed E-state index contributed by atoms with van der Waals surface area (Å²) in [5, 5.41) is 9.06. The van der Waals surface area contributed by atoms with E-state index in [-0.39, 0.29) is 65.8 Å². The first-order chi connectivity index (χ1) is 28.2. The summed E-state index contributed by atoms with van der Waals surface area (Å²) in [7, 11) is 10.6. The third-order valence-electron chi connectivity index (χ3n) is 12.4. The smallest absolute Gasteiger partial charge is 0.245 e. The lowest BCUT2D eigenvalue weighted by molar-refractivity contribution is -0.148. The maximum Gasteiger partial charge on any atom is 0.245 e. The zero-order chi connectivity index (χ0) is 45.4. The molecule has 1 aromatic rings. The van der Waals surface area contributed by atoms with Gasteiger partial charge in [-0.05, 0) is 71.1 Å². The largest absolute Gasteiger partial charge is 0.379 e. The predicted octanol–water partition coefficient (Wildman–Crippen LogP) is 3.82. The van der Waals surface area contributed by atoms with Gasteiger partial charge >= 0.3 is 0 Å². The quantitative estimate of drug-likeness (QED) is 0.134. The number of hydrogen-bond acceptors (Lipinski definition) is 9. The van der Waals surface area contributed by atoms with Crippen molar-refractivity contribution in [1.29, 1.82) is 0 Å². The van der Waals surface area contributed by atoms with E-state index in [0.29, 0.717) is 32.5 Å². The number of carbonyl (C=O) groups excluding carboxylic acids is 5. The Bertz CT molecular complexity index is 1490. The molecule has 0 bridgehead atoms. The van der Waals surface area contributed by atoms with Gasteiger partial charge in [0, 0.05) is 53.4 Å². The lowest BCUT2D eigenvalue weighted by Crippen LogP contribution is -2.60. The van der Waals surface area contributed by atoms with Crippen molar-refractivity contribution in [1.82, 2.24) is 35.6 Å². The molecule has 2 rings (SSSR count). The van der Waals surface area contributed by atoms with Crippen LogP contribution in [0.5, 0.6) is 0 Å². The van der Waals surface area contributed by atoms with Crippen LogP contribution in [0.15, 0.2) is 30.3 Å². The van der Waals surface area contributed by atoms with Gasteiger partial charge in [0.25, 0.3) is 0 Å². The Labute approximate surface area is 362 Å². The molecular weight excluding hydrogens is 763 g/mol. The first-order valence-electron chi connectivity index (χ1n) is 22.1. The molecule has 0 unspecified atom stereocenters. The first kappa shape index (κ1) is 52.5. The van der Waals surface area contributed by atoms with E-state index in [4.69, 9.17) is 9.47 Å². The molecule has 1 aliphatic heterocycles. The lowest BCUT2D eigenvalue weighted by atomic mass is 9.89. The number of nitrogens with one attached hydrogen (secondary N) is 3. The number of likely N-dealkylation sites (N-methyl/N-ethyl adjacent to an activating group) is 3. The Hall–Kier alpha value is -3.59. The highest BCUT2D eigenvalue weighted by Crippen LogP contribution is 2.30. The van der Waals surface area contributed by atoms with Crippen LogP contribution >= 0.6 is 0 Å². The van der Waals surface area contributed by atoms with Crippen LogP contribution in [0, 0.1) is 23.7 Å². The summed E-state index contributed by atoms with van der Waals surface area (Å²) in [5.41, 5.74) is 0.920. The topological polar surface area (TPSA) is 153 Å². The number of likely N-dealkylation sites (tertiary alicyclic amines) is 1. The van der Waals surface area contributed by atoms with Crippen LogP contribution in [0.3, 0.4) is 0 Å². The third-order valence-corrected chi connectivity index (χ3v) is 12.4. The molecule has 14 nitrogen and oxygen atoms in total. The van der Waals surface area contributed by atoms with Crippen LogP contribution < -0.4 is 16.0 Å². The van der Waals surface area contributed by atoms with Gasteiger partial charge in [0.2, 0.25) is 29.5 Å². The minimum absolute atomic E-state index is 0.0101. The summed E-state index contributed by atoms with van der Waals surface area (Å²) in [4.78, 5) is 77.4. The van der Waals surface area contributed by atoms with E-state index in [9.17, 15) is 24.0 Å². The SMILES string of the molecule is CC[C@H](C)[C@@H]([C@@H](CC(=O)N1CCC[C@H]1[C@H](OC)[C@@H](C)C(=O)N[C@@H](Cc1ccccc1)C(=O)NCCN(C)C)OC)N(C)C(=O)[C@@H](NC(=O)[C@H](C(C)C)N(C)C(C)C)C(C)C. The van der Waals surface area contributed by atoms with E-state index < -0.39 is 42.3 Å². The number of benzene rings is 1. The zero-order valence-corrected chi connectivity index (χ0v) is 39.6. The Kier molecular flexibility index (Phi) is 22.2. The molecule has 1 heterocycles. The van der Waals surface area contributed by atoms with Crippen molar-refractivity contribution >= 4 is 29.5 Å². The van der Waals surface area contributed by atoms with Gasteiger partial charge in [-0.25, -0.2) is 0 Å². The molecule has 3 N–H and O–H groups in total. The second kappa shape index (κ2) is 25.4. The van der Waals surface area contributed by atoms with Crippen LogP contribution in [-0.4, -0.2) is 160 Å². The van der Waals surface area contributed by atoms with Crippen LogP contribution in [0.2, 0.25) is 0 Å². The summed E-state index contributed by atoms with van der Waals surface area (Å²) in [5.74, 6) is -2.06. The molecule has 9 atom stereocenters. The Morgan fingerprint density at radius 1 is 0.833 bits per heavy atom. The molecule has 0 spiro atoms. The fraction of sp³-hybridized carbons (Fsp3) is 0.761. The standard InChI is InChI=1S/C46H81N7O7/c1-16-32(8)41(52(13)46(58)39(29(2)3)49-45(57)40(30(4)5)51(12)31(6)7)37(59-14)28-38(54)53-25-20-23-36(53)42(60-15)33(9)43(55)48-35(27-34-21-18-17-19-22-34)44(56)47-24-26-50(10)11/h17-19,21-22,29-33,35-37,39-42H,16,20,23-28H2,1-15H3,(H,47,56)(H,48,55)(H,49,57)/t32-,33+,35-,36-,37+,39-,40-,41-,42+/m0/s1. The Balaban J connectivity index is 2.31. The first-order valence-corrected chi connectivity index (χ1v) is 22.1. The number of hydrogen-bond donors (Lipinski definition) is 3. The number of methoxy groups -OCH3 is 2. The molecule has 0 radical (unpaired) electrons. The second-order valence-electron chi connectivity index (χ2n) is 18.1. The number of carbonyl (C=O) groups is 5. The second-order valence-corrected chi connectivity index (χ2v) is 18.1. The van der Waals surface area contributed by atoms with Crippen molar-refractivity contribution in [3.8, 4) is 0 Å². The molecule has 1 fully saturated rings.